The van der Waals surface area contributed by atoms with Gasteiger partial charge in [0.15, 0.2) is 0 Å². The summed E-state index contributed by atoms with van der Waals surface area (Å²) >= 11 is 0. The zero-order valence-electron chi connectivity index (χ0n) is 17.1. The highest BCUT2D eigenvalue weighted by Gasteiger charge is 2.36. The molecule has 1 aliphatic heterocycles. The van der Waals surface area contributed by atoms with Crippen molar-refractivity contribution in [1.29, 1.82) is 0 Å². The number of pyridine rings is 1. The molecule has 6 nitrogen and oxygen atoms in total. The highest BCUT2D eigenvalue weighted by molar-refractivity contribution is 6.00. The van der Waals surface area contributed by atoms with E-state index in [2.05, 4.69) is 10.3 Å². The van der Waals surface area contributed by atoms with Gasteiger partial charge in [-0.2, -0.15) is 0 Å². The first-order valence-electron chi connectivity index (χ1n) is 10.1. The molecule has 32 heavy (non-hydrogen) atoms. The van der Waals surface area contributed by atoms with Crippen LogP contribution in [0.3, 0.4) is 0 Å². The van der Waals surface area contributed by atoms with Crippen LogP contribution in [0.4, 0.5) is 14.5 Å². The standard InChI is InChI=1S/C24H21F2N3O3/c25-18-7-8-22(21(26)12-18)29-14-17(11-23(29)30)24(31)28-13-16-4-3-6-20(10-16)32-15-19-5-1-2-9-27-19/h1-10,12,17H,11,13-15H2,(H,28,31). The van der Waals surface area contributed by atoms with Gasteiger partial charge < -0.3 is 15.0 Å². The largest absolute Gasteiger partial charge is 0.487 e. The first-order chi connectivity index (χ1) is 15.5. The predicted octanol–water partition coefficient (Wildman–Crippen LogP) is 3.61. The van der Waals surface area contributed by atoms with Crippen molar-refractivity contribution in [1.82, 2.24) is 10.3 Å². The van der Waals surface area contributed by atoms with Crippen LogP contribution < -0.4 is 15.0 Å². The van der Waals surface area contributed by atoms with E-state index in [1.807, 2.05) is 42.5 Å². The third-order valence-electron chi connectivity index (χ3n) is 5.17. The summed E-state index contributed by atoms with van der Waals surface area (Å²) < 4.78 is 32.9. The second-order valence-corrected chi connectivity index (χ2v) is 7.48. The van der Waals surface area contributed by atoms with Gasteiger partial charge in [-0.1, -0.05) is 18.2 Å². The van der Waals surface area contributed by atoms with Gasteiger partial charge >= 0.3 is 0 Å². The van der Waals surface area contributed by atoms with Gasteiger partial charge in [0.25, 0.3) is 0 Å². The fraction of sp³-hybridized carbons (Fsp3) is 0.208. The van der Waals surface area contributed by atoms with Crippen molar-refractivity contribution in [3.8, 4) is 5.75 Å². The topological polar surface area (TPSA) is 71.5 Å². The fourth-order valence-corrected chi connectivity index (χ4v) is 3.54. The van der Waals surface area contributed by atoms with Gasteiger partial charge in [0.05, 0.1) is 17.3 Å². The zero-order valence-corrected chi connectivity index (χ0v) is 17.1. The van der Waals surface area contributed by atoms with E-state index in [0.717, 1.165) is 23.4 Å². The maximum atomic E-state index is 14.0. The SMILES string of the molecule is O=C(NCc1cccc(OCc2ccccn2)c1)C1CC(=O)N(c2ccc(F)cc2F)C1. The molecule has 0 spiro atoms. The molecular weight excluding hydrogens is 416 g/mol. The van der Waals surface area contributed by atoms with Crippen molar-refractivity contribution >= 4 is 17.5 Å². The van der Waals surface area contributed by atoms with Gasteiger partial charge in [-0.3, -0.25) is 14.6 Å². The third-order valence-corrected chi connectivity index (χ3v) is 5.17. The maximum Gasteiger partial charge on any atom is 0.227 e. The second kappa shape index (κ2) is 9.55. The molecule has 2 amide bonds. The number of rotatable bonds is 7. The van der Waals surface area contributed by atoms with E-state index >= 15 is 0 Å². The number of amides is 2. The van der Waals surface area contributed by atoms with E-state index in [4.69, 9.17) is 4.74 Å². The zero-order chi connectivity index (χ0) is 22.5. The molecule has 0 aliphatic carbocycles. The molecule has 0 radical (unpaired) electrons. The fourth-order valence-electron chi connectivity index (χ4n) is 3.54. The number of nitrogens with one attached hydrogen (secondary N) is 1. The molecule has 0 bridgehead atoms. The van der Waals surface area contributed by atoms with Crippen molar-refractivity contribution < 1.29 is 23.1 Å². The Morgan fingerprint density at radius 1 is 1.12 bits per heavy atom. The lowest BCUT2D eigenvalue weighted by molar-refractivity contribution is -0.126. The first kappa shape index (κ1) is 21.4. The van der Waals surface area contributed by atoms with Crippen molar-refractivity contribution in [2.75, 3.05) is 11.4 Å². The van der Waals surface area contributed by atoms with Crippen LogP contribution in [0.5, 0.6) is 5.75 Å². The number of ether oxygens (including phenoxy) is 1. The summed E-state index contributed by atoms with van der Waals surface area (Å²) in [6.45, 7) is 0.631. The number of hydrogen-bond donors (Lipinski definition) is 1. The summed E-state index contributed by atoms with van der Waals surface area (Å²) in [5.74, 6) is -2.20. The second-order valence-electron chi connectivity index (χ2n) is 7.48. The maximum absolute atomic E-state index is 14.0. The Labute approximate surface area is 183 Å². The highest BCUT2D eigenvalue weighted by atomic mass is 19.1. The number of aromatic nitrogens is 1. The average molecular weight is 437 g/mol. The van der Waals surface area contributed by atoms with Crippen molar-refractivity contribution in [2.45, 2.75) is 19.6 Å². The van der Waals surface area contributed by atoms with E-state index in [1.165, 1.54) is 11.0 Å². The number of halogens is 2. The van der Waals surface area contributed by atoms with E-state index in [-0.39, 0.29) is 37.0 Å². The van der Waals surface area contributed by atoms with Gasteiger partial charge in [0.2, 0.25) is 11.8 Å². The van der Waals surface area contributed by atoms with Gasteiger partial charge in [0.1, 0.15) is 24.0 Å². The lowest BCUT2D eigenvalue weighted by Gasteiger charge is -2.17. The lowest BCUT2D eigenvalue weighted by Crippen LogP contribution is -2.32. The molecule has 1 aromatic heterocycles. The van der Waals surface area contributed by atoms with E-state index in [9.17, 15) is 18.4 Å². The molecular formula is C24H21F2N3O3. The number of benzene rings is 2. The minimum absolute atomic E-state index is 0.0237. The molecule has 164 valence electrons. The monoisotopic (exact) mass is 437 g/mol. The molecule has 1 atom stereocenters. The Bertz CT molecular complexity index is 1120. The molecule has 1 saturated heterocycles. The number of anilines is 1. The van der Waals surface area contributed by atoms with Crippen LogP contribution >= 0.6 is 0 Å². The molecule has 4 rings (SSSR count). The molecule has 1 unspecified atom stereocenters. The normalized spacial score (nSPS) is 15.6. The molecule has 2 heterocycles. The predicted molar refractivity (Wildman–Crippen MR) is 114 cm³/mol. The number of nitrogens with zero attached hydrogens (tertiary/aromatic N) is 2. The smallest absolute Gasteiger partial charge is 0.227 e. The van der Waals surface area contributed by atoms with Crippen LogP contribution in [-0.4, -0.2) is 23.3 Å². The minimum atomic E-state index is -0.832. The quantitative estimate of drug-likeness (QED) is 0.613. The number of carbonyl (C=O) groups excluding carboxylic acids is 2. The molecule has 1 aliphatic rings. The summed E-state index contributed by atoms with van der Waals surface area (Å²) in [5.41, 5.74) is 1.62. The molecule has 0 saturated carbocycles. The van der Waals surface area contributed by atoms with Crippen LogP contribution in [0.15, 0.2) is 66.9 Å². The number of hydrogen-bond acceptors (Lipinski definition) is 4. The van der Waals surface area contributed by atoms with Crippen LogP contribution in [0.1, 0.15) is 17.7 Å². The van der Waals surface area contributed by atoms with Crippen molar-refractivity contribution in [3.63, 3.8) is 0 Å². The summed E-state index contributed by atoms with van der Waals surface area (Å²) in [6, 6.07) is 15.9. The minimum Gasteiger partial charge on any atom is -0.487 e. The van der Waals surface area contributed by atoms with E-state index in [0.29, 0.717) is 12.4 Å². The summed E-state index contributed by atoms with van der Waals surface area (Å²) in [7, 11) is 0. The van der Waals surface area contributed by atoms with Gasteiger partial charge in [0, 0.05) is 31.8 Å². The Hall–Kier alpha value is -3.81. The van der Waals surface area contributed by atoms with Crippen molar-refractivity contribution in [3.05, 3.63) is 89.8 Å². The summed E-state index contributed by atoms with van der Waals surface area (Å²) in [6.07, 6.45) is 1.67. The summed E-state index contributed by atoms with van der Waals surface area (Å²) in [4.78, 5) is 30.3. The Morgan fingerprint density at radius 3 is 2.78 bits per heavy atom. The van der Waals surface area contributed by atoms with Crippen LogP contribution in [0.25, 0.3) is 0 Å². The van der Waals surface area contributed by atoms with Gasteiger partial charge in [-0.25, -0.2) is 8.78 Å². The average Bonchev–Trinajstić information content (AvgIpc) is 3.18. The summed E-state index contributed by atoms with van der Waals surface area (Å²) in [5, 5.41) is 2.82. The van der Waals surface area contributed by atoms with Crippen LogP contribution in [-0.2, 0) is 22.7 Å². The highest BCUT2D eigenvalue weighted by Crippen LogP contribution is 2.28. The molecule has 1 N–H and O–H groups in total. The third kappa shape index (κ3) is 5.08. The van der Waals surface area contributed by atoms with Crippen molar-refractivity contribution in [2.24, 2.45) is 5.92 Å². The van der Waals surface area contributed by atoms with Gasteiger partial charge in [-0.15, -0.1) is 0 Å². The van der Waals surface area contributed by atoms with Gasteiger partial charge in [-0.05, 0) is 42.0 Å². The molecule has 8 heteroatoms. The Kier molecular flexibility index (Phi) is 6.39. The molecule has 3 aromatic rings. The Balaban J connectivity index is 1.32. The first-order valence-corrected chi connectivity index (χ1v) is 10.1. The van der Waals surface area contributed by atoms with Crippen LogP contribution in [0.2, 0.25) is 0 Å². The van der Waals surface area contributed by atoms with Crippen LogP contribution in [0, 0.1) is 17.6 Å². The van der Waals surface area contributed by atoms with E-state index in [1.54, 1.807) is 6.20 Å². The Morgan fingerprint density at radius 2 is 2.00 bits per heavy atom. The van der Waals surface area contributed by atoms with E-state index < -0.39 is 17.6 Å². The number of carbonyl (C=O) groups is 2. The molecule has 2 aromatic carbocycles. The molecule has 1 fully saturated rings. The lowest BCUT2D eigenvalue weighted by atomic mass is 10.1.